The van der Waals surface area contributed by atoms with E-state index in [0.717, 1.165) is 49.1 Å². The number of nitrogens with one attached hydrogen (secondary N) is 1. The maximum absolute atomic E-state index is 13.0. The monoisotopic (exact) mass is 418 g/mol. The molecule has 0 bridgehead atoms. The molecule has 2 amide bonds. The number of pyridine rings is 1. The standard InChI is InChI=1S/C25H30N4O2/c1-3-14-29(15-4-2)25(31)22-10-13-27-23-17-21(8-7-20(23)16-22)24(30)28-12-9-19-6-5-11-26-18-19/h5-8,11,13,16-18H,3-4,9-10,12,14-15H2,1-2H3,(H,28,30). The zero-order valence-corrected chi connectivity index (χ0v) is 18.3. The van der Waals surface area contributed by atoms with Gasteiger partial charge in [-0.05, 0) is 49.1 Å². The number of hydrogen-bond acceptors (Lipinski definition) is 4. The molecule has 31 heavy (non-hydrogen) atoms. The van der Waals surface area contributed by atoms with Crippen molar-refractivity contribution in [3.05, 3.63) is 65.0 Å². The fourth-order valence-corrected chi connectivity index (χ4v) is 3.58. The third-order valence-corrected chi connectivity index (χ3v) is 5.13. The fraction of sp³-hybridized carbons (Fsp3) is 0.360. The predicted molar refractivity (Wildman–Crippen MR) is 125 cm³/mol. The van der Waals surface area contributed by atoms with Crippen LogP contribution < -0.4 is 5.32 Å². The van der Waals surface area contributed by atoms with Crippen LogP contribution in [0.3, 0.4) is 0 Å². The normalized spacial score (nSPS) is 12.5. The van der Waals surface area contributed by atoms with Crippen LogP contribution in [0.1, 0.15) is 54.6 Å². The van der Waals surface area contributed by atoms with Crippen molar-refractivity contribution in [2.24, 2.45) is 4.99 Å². The molecule has 0 saturated carbocycles. The highest BCUT2D eigenvalue weighted by Crippen LogP contribution is 2.27. The Balaban J connectivity index is 1.69. The summed E-state index contributed by atoms with van der Waals surface area (Å²) in [4.78, 5) is 36.0. The van der Waals surface area contributed by atoms with Gasteiger partial charge in [0.25, 0.3) is 5.91 Å². The first-order valence-electron chi connectivity index (χ1n) is 11.0. The van der Waals surface area contributed by atoms with Gasteiger partial charge in [-0.15, -0.1) is 0 Å². The summed E-state index contributed by atoms with van der Waals surface area (Å²) in [6, 6.07) is 9.31. The second kappa shape index (κ2) is 11.2. The average Bonchev–Trinajstić information content (AvgIpc) is 3.01. The molecule has 1 aromatic heterocycles. The molecule has 2 heterocycles. The molecule has 0 aliphatic carbocycles. The minimum Gasteiger partial charge on any atom is -0.352 e. The van der Waals surface area contributed by atoms with E-state index in [-0.39, 0.29) is 11.8 Å². The van der Waals surface area contributed by atoms with Crippen LogP contribution in [0.5, 0.6) is 0 Å². The number of aromatic nitrogens is 1. The molecule has 0 saturated heterocycles. The summed E-state index contributed by atoms with van der Waals surface area (Å²) in [5.74, 6) is -0.0660. The molecule has 1 aliphatic rings. The second-order valence-electron chi connectivity index (χ2n) is 7.62. The van der Waals surface area contributed by atoms with E-state index in [9.17, 15) is 9.59 Å². The number of aliphatic imine (C=N–C) groups is 1. The van der Waals surface area contributed by atoms with Gasteiger partial charge in [-0.2, -0.15) is 0 Å². The molecule has 0 atom stereocenters. The lowest BCUT2D eigenvalue weighted by Crippen LogP contribution is -2.33. The van der Waals surface area contributed by atoms with Crippen LogP contribution in [-0.2, 0) is 11.2 Å². The average molecular weight is 419 g/mol. The van der Waals surface area contributed by atoms with Crippen LogP contribution >= 0.6 is 0 Å². The van der Waals surface area contributed by atoms with E-state index in [4.69, 9.17) is 0 Å². The van der Waals surface area contributed by atoms with E-state index in [0.29, 0.717) is 24.2 Å². The van der Waals surface area contributed by atoms with Crippen molar-refractivity contribution in [3.63, 3.8) is 0 Å². The van der Waals surface area contributed by atoms with Crippen molar-refractivity contribution >= 4 is 29.8 Å². The number of hydrogen-bond donors (Lipinski definition) is 1. The predicted octanol–water partition coefficient (Wildman–Crippen LogP) is 4.19. The molecule has 1 aliphatic heterocycles. The maximum atomic E-state index is 13.0. The third kappa shape index (κ3) is 6.10. The number of amides is 2. The van der Waals surface area contributed by atoms with Crippen LogP contribution in [-0.4, -0.2) is 47.5 Å². The van der Waals surface area contributed by atoms with Crippen LogP contribution in [0.2, 0.25) is 0 Å². The largest absolute Gasteiger partial charge is 0.352 e. The highest BCUT2D eigenvalue weighted by Gasteiger charge is 2.19. The molecular formula is C25H30N4O2. The lowest BCUT2D eigenvalue weighted by Gasteiger charge is -2.22. The van der Waals surface area contributed by atoms with E-state index >= 15 is 0 Å². The zero-order valence-electron chi connectivity index (χ0n) is 18.3. The van der Waals surface area contributed by atoms with E-state index < -0.39 is 0 Å². The molecule has 3 rings (SSSR count). The van der Waals surface area contributed by atoms with Crippen molar-refractivity contribution in [1.29, 1.82) is 0 Å². The smallest absolute Gasteiger partial charge is 0.251 e. The van der Waals surface area contributed by atoms with Crippen LogP contribution in [0.25, 0.3) is 6.08 Å². The van der Waals surface area contributed by atoms with E-state index in [2.05, 4.69) is 29.1 Å². The van der Waals surface area contributed by atoms with Crippen molar-refractivity contribution < 1.29 is 9.59 Å². The number of rotatable bonds is 9. The minimum atomic E-state index is -0.136. The van der Waals surface area contributed by atoms with Gasteiger partial charge in [-0.3, -0.25) is 19.6 Å². The Hall–Kier alpha value is -3.28. The van der Waals surface area contributed by atoms with E-state index in [1.165, 1.54) is 0 Å². The van der Waals surface area contributed by atoms with Crippen molar-refractivity contribution in [2.45, 2.75) is 39.5 Å². The number of benzene rings is 1. The van der Waals surface area contributed by atoms with Gasteiger partial charge in [0, 0.05) is 61.4 Å². The van der Waals surface area contributed by atoms with Crippen LogP contribution in [0.4, 0.5) is 5.69 Å². The number of fused-ring (bicyclic) bond motifs is 1. The Kier molecular flexibility index (Phi) is 8.10. The molecule has 0 radical (unpaired) electrons. The Labute approximate surface area is 184 Å². The number of nitrogens with zero attached hydrogens (tertiary/aromatic N) is 3. The van der Waals surface area contributed by atoms with Gasteiger partial charge < -0.3 is 10.2 Å². The van der Waals surface area contributed by atoms with Crippen LogP contribution in [0.15, 0.2) is 53.3 Å². The molecule has 162 valence electrons. The summed E-state index contributed by atoms with van der Waals surface area (Å²) in [5.41, 5.74) is 3.94. The van der Waals surface area contributed by atoms with Gasteiger partial charge in [0.1, 0.15) is 0 Å². The SMILES string of the molecule is CCCN(CCC)C(=O)C1=Cc2ccc(C(=O)NCCc3cccnc3)cc2N=CC1. The molecule has 1 aromatic carbocycles. The van der Waals surface area contributed by atoms with Crippen molar-refractivity contribution in [3.8, 4) is 0 Å². The summed E-state index contributed by atoms with van der Waals surface area (Å²) >= 11 is 0. The Morgan fingerprint density at radius 1 is 1.13 bits per heavy atom. The summed E-state index contributed by atoms with van der Waals surface area (Å²) in [7, 11) is 0. The molecule has 6 nitrogen and oxygen atoms in total. The summed E-state index contributed by atoms with van der Waals surface area (Å²) in [5, 5.41) is 2.95. The maximum Gasteiger partial charge on any atom is 0.251 e. The van der Waals surface area contributed by atoms with Crippen molar-refractivity contribution in [1.82, 2.24) is 15.2 Å². The first kappa shape index (κ1) is 22.4. The molecule has 0 unspecified atom stereocenters. The highest BCUT2D eigenvalue weighted by molar-refractivity contribution is 6.03. The number of carbonyl (C=O) groups is 2. The quantitative estimate of drug-likeness (QED) is 0.663. The molecular weight excluding hydrogens is 388 g/mol. The summed E-state index contributed by atoms with van der Waals surface area (Å²) in [6.45, 7) is 6.21. The fourth-order valence-electron chi connectivity index (χ4n) is 3.58. The van der Waals surface area contributed by atoms with Gasteiger partial charge in [-0.1, -0.05) is 26.0 Å². The van der Waals surface area contributed by atoms with Crippen LogP contribution in [0, 0.1) is 0 Å². The Bertz CT molecular complexity index is 961. The lowest BCUT2D eigenvalue weighted by molar-refractivity contribution is -0.127. The van der Waals surface area contributed by atoms with Crippen molar-refractivity contribution in [2.75, 3.05) is 19.6 Å². The van der Waals surface area contributed by atoms with Gasteiger partial charge in [0.15, 0.2) is 0 Å². The van der Waals surface area contributed by atoms with Gasteiger partial charge in [0.05, 0.1) is 5.69 Å². The minimum absolute atomic E-state index is 0.0696. The second-order valence-corrected chi connectivity index (χ2v) is 7.62. The first-order chi connectivity index (χ1) is 15.1. The summed E-state index contributed by atoms with van der Waals surface area (Å²) in [6.07, 6.45) is 10.3. The molecule has 1 N–H and O–H groups in total. The topological polar surface area (TPSA) is 74.7 Å². The molecule has 2 aromatic rings. The lowest BCUT2D eigenvalue weighted by atomic mass is 10.0. The third-order valence-electron chi connectivity index (χ3n) is 5.13. The molecule has 0 spiro atoms. The van der Waals surface area contributed by atoms with E-state index in [1.807, 2.05) is 29.2 Å². The molecule has 6 heteroatoms. The first-order valence-corrected chi connectivity index (χ1v) is 11.0. The number of carbonyl (C=O) groups excluding carboxylic acids is 2. The highest BCUT2D eigenvalue weighted by atomic mass is 16.2. The van der Waals surface area contributed by atoms with Gasteiger partial charge in [-0.25, -0.2) is 0 Å². The Morgan fingerprint density at radius 2 is 1.94 bits per heavy atom. The van der Waals surface area contributed by atoms with Gasteiger partial charge >= 0.3 is 0 Å². The Morgan fingerprint density at radius 3 is 2.65 bits per heavy atom. The van der Waals surface area contributed by atoms with E-state index in [1.54, 1.807) is 30.7 Å². The van der Waals surface area contributed by atoms with Gasteiger partial charge in [0.2, 0.25) is 5.91 Å². The summed E-state index contributed by atoms with van der Waals surface area (Å²) < 4.78 is 0. The zero-order chi connectivity index (χ0) is 22.1. The molecule has 0 fully saturated rings.